The molecule has 4 aromatic rings. The molecule has 6 nitrogen and oxygen atoms in total. The first-order chi connectivity index (χ1) is 15.1. The fourth-order valence-electron chi connectivity index (χ4n) is 3.32. The zero-order valence-electron chi connectivity index (χ0n) is 16.2. The van der Waals surface area contributed by atoms with Crippen LogP contribution >= 0.6 is 22.7 Å². The number of para-hydroxylation sites is 1. The number of rotatable bonds is 4. The maximum absolute atomic E-state index is 12.1. The maximum Gasteiger partial charge on any atom is 0.212 e. The van der Waals surface area contributed by atoms with Crippen LogP contribution in [-0.2, 0) is 6.54 Å². The molecule has 0 atom stereocenters. The smallest absolute Gasteiger partial charge is 0.212 e. The van der Waals surface area contributed by atoms with Crippen LogP contribution < -0.4 is 4.80 Å². The lowest BCUT2D eigenvalue weighted by molar-refractivity contribution is 0.104. The van der Waals surface area contributed by atoms with Gasteiger partial charge in [-0.15, -0.1) is 6.58 Å². The van der Waals surface area contributed by atoms with Gasteiger partial charge < -0.3 is 5.11 Å². The number of pyridine rings is 1. The van der Waals surface area contributed by atoms with E-state index in [0.717, 1.165) is 21.4 Å². The van der Waals surface area contributed by atoms with Crippen molar-refractivity contribution in [1.82, 2.24) is 14.5 Å². The molecule has 0 unspecified atom stereocenters. The van der Waals surface area contributed by atoms with Gasteiger partial charge >= 0.3 is 0 Å². The van der Waals surface area contributed by atoms with E-state index in [-0.39, 0.29) is 11.7 Å². The van der Waals surface area contributed by atoms with Gasteiger partial charge in [-0.2, -0.15) is 4.99 Å². The SMILES string of the molecule is C=CCn1c(O)c(/C=C2\C=CC(=O)c3ncccc32)s/c1=N/c1nc2ccccc2s1. The Balaban J connectivity index is 1.64. The minimum atomic E-state index is -0.128. The van der Waals surface area contributed by atoms with Crippen molar-refractivity contribution >= 4 is 55.5 Å². The number of fused-ring (bicyclic) bond motifs is 2. The summed E-state index contributed by atoms with van der Waals surface area (Å²) in [5, 5.41) is 11.5. The van der Waals surface area contributed by atoms with Crippen LogP contribution in [0.2, 0.25) is 0 Å². The largest absolute Gasteiger partial charge is 0.493 e. The third kappa shape index (κ3) is 3.56. The van der Waals surface area contributed by atoms with E-state index in [1.165, 1.54) is 28.7 Å². The fraction of sp³-hybridized carbons (Fsp3) is 0.0435. The Bertz CT molecular complexity index is 1440. The van der Waals surface area contributed by atoms with Crippen molar-refractivity contribution < 1.29 is 9.90 Å². The lowest BCUT2D eigenvalue weighted by Gasteiger charge is -2.11. The van der Waals surface area contributed by atoms with Crippen LogP contribution in [0.5, 0.6) is 5.88 Å². The summed E-state index contributed by atoms with van der Waals surface area (Å²) < 4.78 is 2.75. The van der Waals surface area contributed by atoms with Crippen molar-refractivity contribution in [2.75, 3.05) is 0 Å². The number of aromatic hydroxyl groups is 1. The van der Waals surface area contributed by atoms with Crippen molar-refractivity contribution in [3.8, 4) is 5.88 Å². The number of aromatic nitrogens is 3. The molecule has 0 spiro atoms. The molecule has 5 rings (SSSR count). The maximum atomic E-state index is 12.1. The molecule has 0 saturated heterocycles. The molecule has 8 heteroatoms. The van der Waals surface area contributed by atoms with Crippen molar-refractivity contribution in [2.45, 2.75) is 6.54 Å². The average molecular weight is 445 g/mol. The second kappa shape index (κ2) is 7.90. The topological polar surface area (TPSA) is 80.4 Å². The van der Waals surface area contributed by atoms with Gasteiger partial charge in [-0.25, -0.2) is 4.98 Å². The van der Waals surface area contributed by atoms with E-state index in [1.54, 1.807) is 29.0 Å². The van der Waals surface area contributed by atoms with Crippen molar-refractivity contribution in [2.24, 2.45) is 4.99 Å². The summed E-state index contributed by atoms with van der Waals surface area (Å²) in [5.41, 5.74) is 2.84. The third-order valence-corrected chi connectivity index (χ3v) is 6.69. The van der Waals surface area contributed by atoms with Crippen LogP contribution in [0.1, 0.15) is 20.9 Å². The molecular weight excluding hydrogens is 428 g/mol. The number of carbonyl (C=O) groups excluding carboxylic acids is 1. The van der Waals surface area contributed by atoms with Gasteiger partial charge in [0.05, 0.1) is 15.1 Å². The van der Waals surface area contributed by atoms with Crippen molar-refractivity contribution in [3.05, 3.63) is 88.3 Å². The minimum absolute atomic E-state index is 0.0907. The molecule has 0 aliphatic heterocycles. The Morgan fingerprint density at radius 1 is 1.16 bits per heavy atom. The molecule has 1 aliphatic rings. The highest BCUT2D eigenvalue weighted by molar-refractivity contribution is 7.22. The quantitative estimate of drug-likeness (QED) is 0.451. The van der Waals surface area contributed by atoms with E-state index < -0.39 is 0 Å². The first kappa shape index (κ1) is 19.3. The van der Waals surface area contributed by atoms with Gasteiger partial charge in [0.2, 0.25) is 16.8 Å². The van der Waals surface area contributed by atoms with Gasteiger partial charge in [0.15, 0.2) is 4.80 Å². The summed E-state index contributed by atoms with van der Waals surface area (Å²) in [6, 6.07) is 11.5. The molecule has 1 N–H and O–H groups in total. The number of ketones is 1. The Morgan fingerprint density at radius 3 is 2.87 bits per heavy atom. The Kier molecular flexibility index (Phi) is 4.93. The Labute approximate surface area is 185 Å². The lowest BCUT2D eigenvalue weighted by Crippen LogP contribution is -2.12. The molecule has 0 bridgehead atoms. The van der Waals surface area contributed by atoms with E-state index in [2.05, 4.69) is 16.5 Å². The van der Waals surface area contributed by atoms with Crippen LogP contribution in [0, 0.1) is 0 Å². The molecular formula is C23H16N4O2S2. The highest BCUT2D eigenvalue weighted by atomic mass is 32.1. The molecule has 0 fully saturated rings. The molecule has 31 heavy (non-hydrogen) atoms. The van der Waals surface area contributed by atoms with Crippen LogP contribution in [0.25, 0.3) is 21.9 Å². The van der Waals surface area contributed by atoms with Gasteiger partial charge in [-0.1, -0.05) is 53.0 Å². The van der Waals surface area contributed by atoms with Gasteiger partial charge in [0.25, 0.3) is 0 Å². The lowest BCUT2D eigenvalue weighted by atomic mass is 9.95. The molecule has 1 aliphatic carbocycles. The summed E-state index contributed by atoms with van der Waals surface area (Å²) in [7, 11) is 0. The summed E-state index contributed by atoms with van der Waals surface area (Å²) >= 11 is 2.85. The number of nitrogens with zero attached hydrogens (tertiary/aromatic N) is 4. The van der Waals surface area contributed by atoms with Crippen molar-refractivity contribution in [3.63, 3.8) is 0 Å². The van der Waals surface area contributed by atoms with Crippen LogP contribution in [-0.4, -0.2) is 25.4 Å². The fourth-order valence-corrected chi connectivity index (χ4v) is 5.20. The normalized spacial score (nSPS) is 15.0. The van der Waals surface area contributed by atoms with Crippen molar-refractivity contribution in [1.29, 1.82) is 0 Å². The monoisotopic (exact) mass is 444 g/mol. The van der Waals surface area contributed by atoms with Crippen LogP contribution in [0.3, 0.4) is 0 Å². The zero-order chi connectivity index (χ0) is 21.4. The van der Waals surface area contributed by atoms with Gasteiger partial charge in [-0.3, -0.25) is 14.3 Å². The molecule has 152 valence electrons. The number of carbonyl (C=O) groups is 1. The highest BCUT2D eigenvalue weighted by Gasteiger charge is 2.19. The number of thiazole rings is 2. The average Bonchev–Trinajstić information content (AvgIpc) is 3.32. The first-order valence-electron chi connectivity index (χ1n) is 9.47. The van der Waals surface area contributed by atoms with Crippen LogP contribution in [0.4, 0.5) is 5.13 Å². The predicted octanol–water partition coefficient (Wildman–Crippen LogP) is 4.97. The van der Waals surface area contributed by atoms with E-state index in [4.69, 9.17) is 4.99 Å². The summed E-state index contributed by atoms with van der Waals surface area (Å²) in [6.45, 7) is 4.19. The number of benzene rings is 1. The Morgan fingerprint density at radius 2 is 2.03 bits per heavy atom. The highest BCUT2D eigenvalue weighted by Crippen LogP contribution is 2.32. The molecule has 3 aromatic heterocycles. The van der Waals surface area contributed by atoms with Gasteiger partial charge in [-0.05, 0) is 35.9 Å². The number of hydrogen-bond donors (Lipinski definition) is 1. The van der Waals surface area contributed by atoms with E-state index in [9.17, 15) is 9.90 Å². The Hall–Kier alpha value is -3.62. The second-order valence-corrected chi connectivity index (χ2v) is 8.76. The van der Waals surface area contributed by atoms with E-state index in [1.807, 2.05) is 36.4 Å². The summed E-state index contributed by atoms with van der Waals surface area (Å²) in [5.74, 6) is -0.0376. The standard InChI is InChI=1S/C23H16N4O2S2/c1-2-12-27-21(29)19(13-14-9-10-17(28)20-15(14)6-5-11-24-20)31-23(27)26-22-25-16-7-3-4-8-18(16)30-22/h2-11,13,29H,1,12H2/b14-13+,26-23+. The van der Waals surface area contributed by atoms with E-state index in [0.29, 0.717) is 27.0 Å². The third-order valence-electron chi connectivity index (χ3n) is 4.75. The first-order valence-corrected chi connectivity index (χ1v) is 11.1. The van der Waals surface area contributed by atoms with E-state index >= 15 is 0 Å². The summed E-state index contributed by atoms with van der Waals surface area (Å²) in [6.07, 6.45) is 8.40. The predicted molar refractivity (Wildman–Crippen MR) is 125 cm³/mol. The molecule has 0 amide bonds. The van der Waals surface area contributed by atoms with Crippen LogP contribution in [0.15, 0.2) is 72.4 Å². The zero-order valence-corrected chi connectivity index (χ0v) is 17.9. The van der Waals surface area contributed by atoms with Gasteiger partial charge in [0.1, 0.15) is 5.69 Å². The van der Waals surface area contributed by atoms with Gasteiger partial charge in [0, 0.05) is 18.3 Å². The second-order valence-electron chi connectivity index (χ2n) is 6.74. The molecule has 0 radical (unpaired) electrons. The molecule has 1 aromatic carbocycles. The number of allylic oxidation sites excluding steroid dienone is 4. The molecule has 3 heterocycles. The summed E-state index contributed by atoms with van der Waals surface area (Å²) in [4.78, 5) is 26.8. The minimum Gasteiger partial charge on any atom is -0.493 e. The molecule has 0 saturated carbocycles. The number of hydrogen-bond acceptors (Lipinski definition) is 7.